The summed E-state index contributed by atoms with van der Waals surface area (Å²) in [5.41, 5.74) is 3.71. The Labute approximate surface area is 126 Å². The molecule has 0 fully saturated rings. The van der Waals surface area contributed by atoms with Crippen LogP contribution in [0.15, 0.2) is 42.5 Å². The van der Waals surface area contributed by atoms with Crippen LogP contribution in [0.4, 0.5) is 5.69 Å². The Bertz CT molecular complexity index is 597. The molecule has 2 aromatic rings. The van der Waals surface area contributed by atoms with Crippen LogP contribution >= 0.6 is 0 Å². The quantitative estimate of drug-likeness (QED) is 0.886. The number of benzene rings is 2. The molecule has 0 unspecified atom stereocenters. The highest BCUT2D eigenvalue weighted by Gasteiger charge is 2.07. The predicted octanol–water partition coefficient (Wildman–Crippen LogP) is 4.34. The minimum Gasteiger partial charge on any atom is -0.494 e. The smallest absolute Gasteiger partial charge is 0.255 e. The first-order valence-electron chi connectivity index (χ1n) is 7.21. The molecule has 0 bridgehead atoms. The summed E-state index contributed by atoms with van der Waals surface area (Å²) in [5, 5.41) is 2.92. The van der Waals surface area contributed by atoms with E-state index in [9.17, 15) is 4.79 Å². The summed E-state index contributed by atoms with van der Waals surface area (Å²) < 4.78 is 5.51. The fraction of sp³-hybridized carbons (Fsp3) is 0.278. The fourth-order valence-electron chi connectivity index (χ4n) is 2.17. The molecule has 1 N–H and O–H groups in total. The second-order valence-corrected chi connectivity index (χ2v) is 5.20. The molecule has 3 nitrogen and oxygen atoms in total. The molecule has 0 saturated carbocycles. The Morgan fingerprint density at radius 1 is 1.05 bits per heavy atom. The molecule has 0 spiro atoms. The van der Waals surface area contributed by atoms with Gasteiger partial charge in [0.2, 0.25) is 0 Å². The van der Waals surface area contributed by atoms with Crippen molar-refractivity contribution in [1.29, 1.82) is 0 Å². The number of carbonyl (C=O) groups excluding carboxylic acids is 1. The van der Waals surface area contributed by atoms with Gasteiger partial charge in [0, 0.05) is 11.3 Å². The molecule has 2 rings (SSSR count). The molecule has 0 aliphatic heterocycles. The van der Waals surface area contributed by atoms with Crippen LogP contribution in [-0.2, 0) is 0 Å². The highest BCUT2D eigenvalue weighted by molar-refractivity contribution is 6.04. The second kappa shape index (κ2) is 6.93. The van der Waals surface area contributed by atoms with Gasteiger partial charge in [-0.05, 0) is 67.8 Å². The molecule has 0 aliphatic rings. The third-order valence-electron chi connectivity index (χ3n) is 3.07. The zero-order chi connectivity index (χ0) is 15.2. The molecule has 0 aliphatic carbocycles. The summed E-state index contributed by atoms with van der Waals surface area (Å²) in [4.78, 5) is 12.2. The zero-order valence-electron chi connectivity index (χ0n) is 12.8. The average molecular weight is 283 g/mol. The molecule has 0 atom stereocenters. The van der Waals surface area contributed by atoms with Gasteiger partial charge >= 0.3 is 0 Å². The summed E-state index contributed by atoms with van der Waals surface area (Å²) in [5.74, 6) is 0.682. The predicted molar refractivity (Wildman–Crippen MR) is 86.1 cm³/mol. The van der Waals surface area contributed by atoms with Crippen LogP contribution < -0.4 is 10.1 Å². The summed E-state index contributed by atoms with van der Waals surface area (Å²) in [7, 11) is 0. The maximum Gasteiger partial charge on any atom is 0.255 e. The second-order valence-electron chi connectivity index (χ2n) is 5.20. The number of nitrogens with one attached hydrogen (secondary N) is 1. The topological polar surface area (TPSA) is 38.3 Å². The minimum atomic E-state index is -0.109. The highest BCUT2D eigenvalue weighted by Crippen LogP contribution is 2.17. The van der Waals surface area contributed by atoms with Crippen molar-refractivity contribution >= 4 is 11.6 Å². The van der Waals surface area contributed by atoms with Crippen LogP contribution in [0.2, 0.25) is 0 Å². The van der Waals surface area contributed by atoms with E-state index in [0.29, 0.717) is 12.2 Å². The monoisotopic (exact) mass is 283 g/mol. The molecular formula is C18H21NO2. The van der Waals surface area contributed by atoms with Gasteiger partial charge in [-0.15, -0.1) is 0 Å². The average Bonchev–Trinajstić information content (AvgIpc) is 2.44. The lowest BCUT2D eigenvalue weighted by Crippen LogP contribution is -2.12. The Morgan fingerprint density at radius 3 is 2.24 bits per heavy atom. The molecule has 0 saturated heterocycles. The summed E-state index contributed by atoms with van der Waals surface area (Å²) >= 11 is 0. The van der Waals surface area contributed by atoms with Gasteiger partial charge in [0.15, 0.2) is 0 Å². The van der Waals surface area contributed by atoms with Gasteiger partial charge < -0.3 is 10.1 Å². The third kappa shape index (κ3) is 4.35. The van der Waals surface area contributed by atoms with Crippen molar-refractivity contribution in [2.45, 2.75) is 27.2 Å². The Hall–Kier alpha value is -2.29. The van der Waals surface area contributed by atoms with Crippen molar-refractivity contribution in [2.24, 2.45) is 0 Å². The van der Waals surface area contributed by atoms with Crippen molar-refractivity contribution in [3.63, 3.8) is 0 Å². The Kier molecular flexibility index (Phi) is 4.99. The van der Waals surface area contributed by atoms with E-state index in [-0.39, 0.29) is 5.91 Å². The van der Waals surface area contributed by atoms with Crippen LogP contribution in [0.1, 0.15) is 34.8 Å². The van der Waals surface area contributed by atoms with Crippen LogP contribution in [0, 0.1) is 13.8 Å². The van der Waals surface area contributed by atoms with E-state index in [1.807, 2.05) is 38.1 Å². The van der Waals surface area contributed by atoms with E-state index < -0.39 is 0 Å². The summed E-state index contributed by atoms with van der Waals surface area (Å²) in [6.45, 7) is 6.78. The molecule has 3 heteroatoms. The van der Waals surface area contributed by atoms with E-state index >= 15 is 0 Å². The van der Waals surface area contributed by atoms with Gasteiger partial charge in [-0.3, -0.25) is 4.79 Å². The van der Waals surface area contributed by atoms with Crippen molar-refractivity contribution in [1.82, 2.24) is 0 Å². The summed E-state index contributed by atoms with van der Waals surface area (Å²) in [6, 6.07) is 13.2. The van der Waals surface area contributed by atoms with Crippen LogP contribution in [0.3, 0.4) is 0 Å². The maximum absolute atomic E-state index is 12.2. The lowest BCUT2D eigenvalue weighted by Gasteiger charge is -2.09. The molecular weight excluding hydrogens is 262 g/mol. The maximum atomic E-state index is 12.2. The largest absolute Gasteiger partial charge is 0.494 e. The standard InChI is InChI=1S/C18H21NO2/c1-4-9-21-17-7-5-15(6-8-17)18(20)19-16-11-13(2)10-14(3)12-16/h5-8,10-12H,4,9H2,1-3H3,(H,19,20). The molecule has 110 valence electrons. The number of ether oxygens (including phenoxy) is 1. The van der Waals surface area contributed by atoms with E-state index in [4.69, 9.17) is 4.74 Å². The normalized spacial score (nSPS) is 10.2. The Morgan fingerprint density at radius 2 is 1.67 bits per heavy atom. The molecule has 0 aromatic heterocycles. The first-order chi connectivity index (χ1) is 10.1. The number of rotatable bonds is 5. The lowest BCUT2D eigenvalue weighted by molar-refractivity contribution is 0.102. The Balaban J connectivity index is 2.06. The number of carbonyl (C=O) groups is 1. The minimum absolute atomic E-state index is 0.109. The third-order valence-corrected chi connectivity index (χ3v) is 3.07. The highest BCUT2D eigenvalue weighted by atomic mass is 16.5. The first-order valence-corrected chi connectivity index (χ1v) is 7.21. The van der Waals surface area contributed by atoms with Gasteiger partial charge in [0.25, 0.3) is 5.91 Å². The SMILES string of the molecule is CCCOc1ccc(C(=O)Nc2cc(C)cc(C)c2)cc1. The molecule has 21 heavy (non-hydrogen) atoms. The van der Waals surface area contributed by atoms with Gasteiger partial charge in [-0.1, -0.05) is 13.0 Å². The van der Waals surface area contributed by atoms with Crippen molar-refractivity contribution in [3.05, 3.63) is 59.2 Å². The van der Waals surface area contributed by atoms with Crippen LogP contribution in [0.5, 0.6) is 5.75 Å². The van der Waals surface area contributed by atoms with Crippen LogP contribution in [0.25, 0.3) is 0 Å². The molecule has 0 heterocycles. The number of anilines is 1. The van der Waals surface area contributed by atoms with Crippen LogP contribution in [-0.4, -0.2) is 12.5 Å². The zero-order valence-corrected chi connectivity index (χ0v) is 12.8. The van der Waals surface area contributed by atoms with E-state index in [1.165, 1.54) is 0 Å². The van der Waals surface area contributed by atoms with Crippen molar-refractivity contribution in [2.75, 3.05) is 11.9 Å². The number of amides is 1. The molecule has 1 amide bonds. The summed E-state index contributed by atoms with van der Waals surface area (Å²) in [6.07, 6.45) is 0.967. The van der Waals surface area contributed by atoms with Gasteiger partial charge in [0.1, 0.15) is 5.75 Å². The van der Waals surface area contributed by atoms with Gasteiger partial charge in [-0.2, -0.15) is 0 Å². The molecule has 2 aromatic carbocycles. The van der Waals surface area contributed by atoms with Crippen molar-refractivity contribution in [3.8, 4) is 5.75 Å². The molecule has 0 radical (unpaired) electrons. The first kappa shape index (κ1) is 15.1. The number of hydrogen-bond donors (Lipinski definition) is 1. The fourth-order valence-corrected chi connectivity index (χ4v) is 2.17. The van der Waals surface area contributed by atoms with E-state index in [1.54, 1.807) is 12.1 Å². The van der Waals surface area contributed by atoms with E-state index in [2.05, 4.69) is 18.3 Å². The lowest BCUT2D eigenvalue weighted by atomic mass is 10.1. The van der Waals surface area contributed by atoms with Crippen molar-refractivity contribution < 1.29 is 9.53 Å². The van der Waals surface area contributed by atoms with Gasteiger partial charge in [0.05, 0.1) is 6.61 Å². The number of aryl methyl sites for hydroxylation is 2. The van der Waals surface area contributed by atoms with Gasteiger partial charge in [-0.25, -0.2) is 0 Å². The number of hydrogen-bond acceptors (Lipinski definition) is 2. The van der Waals surface area contributed by atoms with E-state index in [0.717, 1.165) is 29.0 Å².